The molecule has 0 aliphatic carbocycles. The first-order chi connectivity index (χ1) is 19.4. The van der Waals surface area contributed by atoms with Crippen LogP contribution in [0.5, 0.6) is 11.6 Å². The van der Waals surface area contributed by atoms with Crippen molar-refractivity contribution in [2.45, 2.75) is 32.4 Å². The molecular formula is C28H29Cl4N7O3. The van der Waals surface area contributed by atoms with Gasteiger partial charge >= 0.3 is 5.97 Å². The molecule has 1 N–H and O–H groups in total. The number of aliphatic carboxylic acids is 1. The summed E-state index contributed by atoms with van der Waals surface area (Å²) in [5, 5.41) is 10.2. The van der Waals surface area contributed by atoms with E-state index in [1.54, 1.807) is 24.7 Å². The second-order valence-electron chi connectivity index (χ2n) is 10.1. The summed E-state index contributed by atoms with van der Waals surface area (Å²) in [7, 11) is 0. The van der Waals surface area contributed by atoms with E-state index in [4.69, 9.17) is 38.0 Å². The zero-order valence-electron chi connectivity index (χ0n) is 22.4. The fraction of sp³-hybridized carbons (Fsp3) is 0.321. The molecule has 2 aliphatic rings. The van der Waals surface area contributed by atoms with Crippen molar-refractivity contribution in [2.24, 2.45) is 5.92 Å². The Labute approximate surface area is 265 Å². The third-order valence-electron chi connectivity index (χ3n) is 7.17. The monoisotopic (exact) mass is 651 g/mol. The first kappa shape index (κ1) is 31.8. The molecule has 0 amide bonds. The zero-order chi connectivity index (χ0) is 27.6. The Kier molecular flexibility index (Phi) is 10.5. The van der Waals surface area contributed by atoms with Crippen molar-refractivity contribution in [1.82, 2.24) is 29.4 Å². The molecule has 3 aromatic heterocycles. The van der Waals surface area contributed by atoms with Gasteiger partial charge in [-0.1, -0.05) is 23.2 Å². The molecule has 42 heavy (non-hydrogen) atoms. The summed E-state index contributed by atoms with van der Waals surface area (Å²) in [6, 6.07) is 9.23. The molecule has 0 spiro atoms. The number of likely N-dealkylation sites (tertiary alicyclic amines) is 1. The van der Waals surface area contributed by atoms with Crippen LogP contribution in [0.1, 0.15) is 24.8 Å². The van der Waals surface area contributed by atoms with Crippen molar-refractivity contribution in [1.29, 1.82) is 0 Å². The number of imidazole rings is 1. The minimum Gasteiger partial charge on any atom is -0.481 e. The maximum Gasteiger partial charge on any atom is 0.303 e. The Morgan fingerprint density at radius 2 is 1.67 bits per heavy atom. The average molecular weight is 653 g/mol. The lowest BCUT2D eigenvalue weighted by molar-refractivity contribution is -0.138. The summed E-state index contributed by atoms with van der Waals surface area (Å²) in [6.07, 6.45) is 8.91. The van der Waals surface area contributed by atoms with Gasteiger partial charge in [-0.05, 0) is 61.7 Å². The van der Waals surface area contributed by atoms with E-state index in [-0.39, 0.29) is 37.2 Å². The molecule has 0 unspecified atom stereocenters. The summed E-state index contributed by atoms with van der Waals surface area (Å²) in [6.45, 7) is 3.93. The minimum atomic E-state index is -0.733. The number of anilines is 2. The molecule has 4 aromatic rings. The molecule has 0 radical (unpaired) electrons. The third-order valence-corrected chi connectivity index (χ3v) is 7.61. The van der Waals surface area contributed by atoms with Crippen LogP contribution >= 0.6 is 48.0 Å². The molecule has 1 fully saturated rings. The normalized spacial score (nSPS) is 15.0. The highest BCUT2D eigenvalue weighted by Crippen LogP contribution is 2.32. The van der Waals surface area contributed by atoms with E-state index >= 15 is 0 Å². The Morgan fingerprint density at radius 1 is 0.952 bits per heavy atom. The first-order valence-electron chi connectivity index (χ1n) is 13.1. The van der Waals surface area contributed by atoms with Gasteiger partial charge in [-0.25, -0.2) is 19.9 Å². The average Bonchev–Trinajstić information content (AvgIpc) is 3.54. The van der Waals surface area contributed by atoms with Gasteiger partial charge in [-0.2, -0.15) is 0 Å². The van der Waals surface area contributed by atoms with E-state index in [0.29, 0.717) is 39.9 Å². The lowest BCUT2D eigenvalue weighted by Crippen LogP contribution is -2.33. The molecule has 14 heteroatoms. The SMILES string of the molecule is Cl.Cl.O=C(O)CC1CCN(Cc2cc(Oc3cnc(N4CCn5ccnc54)nc3)nc(-c3cc(Cl)cc(Cl)c3)c2)CC1. The van der Waals surface area contributed by atoms with Crippen molar-refractivity contribution >= 4 is 65.9 Å². The fourth-order valence-corrected chi connectivity index (χ4v) is 5.77. The summed E-state index contributed by atoms with van der Waals surface area (Å²) >= 11 is 12.6. The third kappa shape index (κ3) is 7.43. The number of halogens is 4. The summed E-state index contributed by atoms with van der Waals surface area (Å²) in [5.74, 6) is 1.72. The Bertz CT molecular complexity index is 1510. The van der Waals surface area contributed by atoms with Gasteiger partial charge in [0.25, 0.3) is 0 Å². The van der Waals surface area contributed by atoms with Crippen LogP contribution in [-0.2, 0) is 17.9 Å². The quantitative estimate of drug-likeness (QED) is 0.228. The van der Waals surface area contributed by atoms with Crippen LogP contribution in [0.4, 0.5) is 11.9 Å². The van der Waals surface area contributed by atoms with Crippen LogP contribution in [-0.4, -0.2) is 60.1 Å². The van der Waals surface area contributed by atoms with Crippen molar-refractivity contribution in [3.05, 3.63) is 70.7 Å². The zero-order valence-corrected chi connectivity index (χ0v) is 25.5. The second kappa shape index (κ2) is 13.9. The number of aromatic nitrogens is 5. The highest BCUT2D eigenvalue weighted by atomic mass is 35.5. The Hall–Kier alpha value is -3.15. The number of pyridine rings is 1. The lowest BCUT2D eigenvalue weighted by Gasteiger charge is -2.31. The number of piperidine rings is 1. The van der Waals surface area contributed by atoms with Gasteiger partial charge in [0.2, 0.25) is 17.8 Å². The van der Waals surface area contributed by atoms with E-state index in [9.17, 15) is 4.79 Å². The number of ether oxygens (including phenoxy) is 1. The van der Waals surface area contributed by atoms with Gasteiger partial charge in [-0.15, -0.1) is 24.8 Å². The summed E-state index contributed by atoms with van der Waals surface area (Å²) in [4.78, 5) is 33.5. The number of carboxylic acids is 1. The number of rotatable bonds is 8. The Morgan fingerprint density at radius 3 is 2.36 bits per heavy atom. The molecule has 10 nitrogen and oxygen atoms in total. The van der Waals surface area contributed by atoms with Crippen LogP contribution in [0, 0.1) is 5.92 Å². The number of carbonyl (C=O) groups is 1. The molecule has 1 saturated heterocycles. The van der Waals surface area contributed by atoms with Crippen LogP contribution in [0.2, 0.25) is 10.0 Å². The second-order valence-corrected chi connectivity index (χ2v) is 10.9. The van der Waals surface area contributed by atoms with Gasteiger partial charge in [0.05, 0.1) is 18.1 Å². The molecule has 5 heterocycles. The lowest BCUT2D eigenvalue weighted by atomic mass is 9.93. The van der Waals surface area contributed by atoms with Gasteiger partial charge < -0.3 is 14.4 Å². The number of fused-ring (bicyclic) bond motifs is 1. The Balaban J connectivity index is 0.00000202. The maximum atomic E-state index is 11.1. The van der Waals surface area contributed by atoms with Crippen molar-refractivity contribution < 1.29 is 14.6 Å². The largest absolute Gasteiger partial charge is 0.481 e. The molecule has 0 saturated carbocycles. The number of nitrogens with zero attached hydrogens (tertiary/aromatic N) is 7. The van der Waals surface area contributed by atoms with E-state index < -0.39 is 5.97 Å². The van der Waals surface area contributed by atoms with Crippen LogP contribution < -0.4 is 9.64 Å². The number of benzene rings is 1. The van der Waals surface area contributed by atoms with Gasteiger partial charge in [0.15, 0.2) is 5.75 Å². The molecule has 1 aromatic carbocycles. The minimum absolute atomic E-state index is 0. The van der Waals surface area contributed by atoms with Gasteiger partial charge in [0, 0.05) is 60.1 Å². The number of carboxylic acid groups (broad SMARTS) is 1. The molecule has 0 atom stereocenters. The molecular weight excluding hydrogens is 624 g/mol. The molecule has 2 aliphatic heterocycles. The van der Waals surface area contributed by atoms with E-state index in [1.165, 1.54) is 0 Å². The topological polar surface area (TPSA) is 109 Å². The first-order valence-corrected chi connectivity index (χ1v) is 13.9. The summed E-state index contributed by atoms with van der Waals surface area (Å²) in [5.41, 5.74) is 2.47. The molecule has 0 bridgehead atoms. The van der Waals surface area contributed by atoms with E-state index in [0.717, 1.165) is 56.1 Å². The predicted octanol–water partition coefficient (Wildman–Crippen LogP) is 6.52. The van der Waals surface area contributed by atoms with E-state index in [2.05, 4.69) is 24.4 Å². The molecule has 6 rings (SSSR count). The van der Waals surface area contributed by atoms with Crippen molar-refractivity contribution in [3.63, 3.8) is 0 Å². The van der Waals surface area contributed by atoms with Crippen LogP contribution in [0.3, 0.4) is 0 Å². The van der Waals surface area contributed by atoms with Gasteiger partial charge in [0.1, 0.15) is 0 Å². The smallest absolute Gasteiger partial charge is 0.303 e. The molecule has 222 valence electrons. The van der Waals surface area contributed by atoms with E-state index in [1.807, 2.05) is 35.4 Å². The summed E-state index contributed by atoms with van der Waals surface area (Å²) < 4.78 is 8.20. The standard InChI is InChI=1S/C28H27Cl2N7O3.2ClH/c29-21-12-20(13-22(30)14-21)24-9-19(17-35-4-1-18(2-5-35)11-26(38)39)10-25(34-24)40-23-15-32-27(33-16-23)37-8-7-36-6-3-31-28(36)37;;/h3,6,9-10,12-16,18H,1-2,4-5,7-8,11,17H2,(H,38,39);2*1H. The fourth-order valence-electron chi connectivity index (χ4n) is 5.25. The number of hydrogen-bond acceptors (Lipinski definition) is 8. The van der Waals surface area contributed by atoms with Crippen LogP contribution in [0.25, 0.3) is 11.3 Å². The maximum absolute atomic E-state index is 11.1. The van der Waals surface area contributed by atoms with Crippen molar-refractivity contribution in [3.8, 4) is 22.9 Å². The van der Waals surface area contributed by atoms with Crippen molar-refractivity contribution in [2.75, 3.05) is 24.5 Å². The van der Waals surface area contributed by atoms with Crippen LogP contribution in [0.15, 0.2) is 55.1 Å². The highest BCUT2D eigenvalue weighted by Gasteiger charge is 2.24. The number of hydrogen-bond donors (Lipinski definition) is 1. The predicted molar refractivity (Wildman–Crippen MR) is 166 cm³/mol. The van der Waals surface area contributed by atoms with Gasteiger partial charge in [-0.3, -0.25) is 14.6 Å². The highest BCUT2D eigenvalue weighted by molar-refractivity contribution is 6.35.